The van der Waals surface area contributed by atoms with Crippen LogP contribution in [0.15, 0.2) is 58.0 Å². The van der Waals surface area contributed by atoms with Crippen LogP contribution in [-0.2, 0) is 10.1 Å². The predicted octanol–water partition coefficient (Wildman–Crippen LogP) is 1.95. The van der Waals surface area contributed by atoms with Crippen LogP contribution in [0, 0.1) is 3.57 Å². The van der Waals surface area contributed by atoms with Crippen LogP contribution >= 0.6 is 38.5 Å². The smallest absolute Gasteiger partial charge is 0.155 e. The van der Waals surface area contributed by atoms with Crippen molar-refractivity contribution in [2.75, 3.05) is 0 Å². The lowest BCUT2D eigenvalue weighted by atomic mass is 10.2. The van der Waals surface area contributed by atoms with Crippen molar-refractivity contribution in [2.24, 2.45) is 0 Å². The zero-order valence-corrected chi connectivity index (χ0v) is 17.2. The Morgan fingerprint density at radius 2 is 1.80 bits per heavy atom. The van der Waals surface area contributed by atoms with Crippen molar-refractivity contribution in [2.45, 2.75) is 4.90 Å². The van der Waals surface area contributed by atoms with Gasteiger partial charge in [-0.15, -0.1) is 0 Å². The van der Waals surface area contributed by atoms with E-state index in [0.717, 1.165) is 16.2 Å². The minimum absolute atomic E-state index is 0. The van der Waals surface area contributed by atoms with Crippen LogP contribution in [0.3, 0.4) is 0 Å². The fourth-order valence-electron chi connectivity index (χ4n) is 1.86. The summed E-state index contributed by atoms with van der Waals surface area (Å²) >= 11 is 5.06. The first-order valence-corrected chi connectivity index (χ1v) is 9.78. The van der Waals surface area contributed by atoms with Crippen molar-refractivity contribution in [3.8, 4) is 5.75 Å². The van der Waals surface area contributed by atoms with Gasteiger partial charge in [0.25, 0.3) is 0 Å². The van der Waals surface area contributed by atoms with Gasteiger partial charge in [0.05, 0.1) is 8.47 Å². The highest BCUT2D eigenvalue weighted by Crippen LogP contribution is 2.32. The van der Waals surface area contributed by atoms with Crippen molar-refractivity contribution < 1.29 is 29.3 Å². The van der Waals surface area contributed by atoms with Crippen molar-refractivity contribution in [3.05, 3.63) is 56.7 Å². The number of nitrogens with zero attached hydrogens (tertiary/aromatic N) is 1. The summed E-state index contributed by atoms with van der Waals surface area (Å²) in [7, 11) is -4.57. The zero-order valence-electron chi connectivity index (χ0n) is 12.6. The molecule has 0 aliphatic carbocycles. The van der Waals surface area contributed by atoms with E-state index in [1.165, 1.54) is 18.3 Å². The molecule has 0 spiro atoms. The second-order valence-electron chi connectivity index (χ2n) is 4.69. The van der Waals surface area contributed by atoms with E-state index in [4.69, 9.17) is 0 Å². The molecule has 25 heavy (non-hydrogen) atoms. The van der Waals surface area contributed by atoms with E-state index < -0.39 is 10.1 Å². The van der Waals surface area contributed by atoms with E-state index in [1.54, 1.807) is 22.6 Å². The Morgan fingerprint density at radius 1 is 1.20 bits per heavy atom. The Kier molecular flexibility index (Phi) is 7.71. The molecule has 0 amide bonds. The summed E-state index contributed by atoms with van der Waals surface area (Å²) in [4.78, 5) is 3.49. The number of halogens is 2. The summed E-state index contributed by atoms with van der Waals surface area (Å²) in [6.45, 7) is 0. The number of aromatic hydroxyl groups is 1. The summed E-state index contributed by atoms with van der Waals surface area (Å²) in [5, 5.41) is 9.82. The van der Waals surface area contributed by atoms with Gasteiger partial charge in [-0.25, -0.2) is 8.42 Å². The molecule has 0 fully saturated rings. The molecule has 0 aliphatic rings. The van der Waals surface area contributed by atoms with Gasteiger partial charge in [-0.05, 0) is 65.1 Å². The molecular weight excluding hydrogens is 527 g/mol. The lowest BCUT2D eigenvalue weighted by molar-refractivity contribution is -0.254. The average molecular weight is 541 g/mol. The Bertz CT molecular complexity index is 960. The molecule has 3 aromatic rings. The number of phenols is 1. The topological polar surface area (TPSA) is 149 Å². The van der Waals surface area contributed by atoms with Gasteiger partial charge in [-0.2, -0.15) is 0 Å². The van der Waals surface area contributed by atoms with Gasteiger partial charge in [0.15, 0.2) is 5.75 Å². The minimum atomic E-state index is -4.57. The maximum Gasteiger partial charge on any atom is 0.155 e. The number of pyridine rings is 1. The van der Waals surface area contributed by atoms with E-state index in [0.29, 0.717) is 0 Å². The Balaban J connectivity index is 0.000000295. The van der Waals surface area contributed by atoms with Crippen molar-refractivity contribution >= 4 is 65.2 Å². The number of phenolic OH excluding ortho intramolecular Hbond substituents is 1. The molecule has 1 aromatic heterocycles. The Hall–Kier alpha value is -1.31. The van der Waals surface area contributed by atoms with E-state index in [9.17, 15) is 18.1 Å². The highest BCUT2D eigenvalue weighted by molar-refractivity contribution is 14.1. The second-order valence-corrected chi connectivity index (χ2v) is 8.11. The van der Waals surface area contributed by atoms with Gasteiger partial charge in [0.2, 0.25) is 0 Å². The molecule has 0 bridgehead atoms. The molecule has 3 rings (SSSR count). The van der Waals surface area contributed by atoms with Gasteiger partial charge in [0, 0.05) is 16.1 Å². The van der Waals surface area contributed by atoms with E-state index in [-0.39, 0.29) is 30.6 Å². The molecule has 0 radical (unpaired) electrons. The highest BCUT2D eigenvalue weighted by atomic mass is 127. The standard InChI is InChI=1S/C9H6INO4S.C6H6BrN.H2O/c10-6-4-7(16(13,14)15)5-2-1-3-11-8(5)9(6)12;7-5-1-3-6(8)4-2-5;/h1-4,12H,(H,13,14,15);1-4H,8H2;1H2. The van der Waals surface area contributed by atoms with Crippen LogP contribution in [0.5, 0.6) is 5.75 Å². The largest absolute Gasteiger partial charge is 0.744 e. The van der Waals surface area contributed by atoms with Crippen molar-refractivity contribution in [1.82, 2.24) is 4.98 Å². The zero-order chi connectivity index (χ0) is 17.9. The minimum Gasteiger partial charge on any atom is -0.744 e. The molecular formula is C15H14BrIN2O5S. The Labute approximate surface area is 166 Å². The molecule has 2 aromatic carbocycles. The fourth-order valence-corrected chi connectivity index (χ4v) is 3.60. The monoisotopic (exact) mass is 540 g/mol. The lowest BCUT2D eigenvalue weighted by Gasteiger charge is -2.12. The maximum atomic E-state index is 11.0. The van der Waals surface area contributed by atoms with Gasteiger partial charge >= 0.3 is 0 Å². The molecule has 10 heteroatoms. The number of benzene rings is 2. The predicted molar refractivity (Wildman–Crippen MR) is 104 cm³/mol. The van der Waals surface area contributed by atoms with E-state index in [2.05, 4.69) is 26.6 Å². The third-order valence-corrected chi connectivity index (χ3v) is 5.19. The molecule has 0 unspecified atom stereocenters. The molecule has 7 nitrogen and oxygen atoms in total. The molecule has 134 valence electrons. The summed E-state index contributed by atoms with van der Waals surface area (Å²) in [6.07, 6.45) is 1.42. The number of fused-ring (bicyclic) bond motifs is 1. The van der Waals surface area contributed by atoms with Crippen LogP contribution in [0.2, 0.25) is 0 Å². The van der Waals surface area contributed by atoms with Crippen LogP contribution in [0.25, 0.3) is 10.9 Å². The molecule has 1 heterocycles. The second kappa shape index (κ2) is 8.87. The number of hydrogen-bond acceptors (Lipinski definition) is 5. The molecule has 0 saturated carbocycles. The lowest BCUT2D eigenvalue weighted by Crippen LogP contribution is -2.39. The average Bonchev–Trinajstić information content (AvgIpc) is 2.53. The van der Waals surface area contributed by atoms with Crippen molar-refractivity contribution in [3.63, 3.8) is 0 Å². The molecule has 0 atom stereocenters. The SMILES string of the molecule is O.O=S(=O)([O-])c1cc(I)c(O)c2ncccc12.[NH3+]c1ccc(Br)cc1. The van der Waals surface area contributed by atoms with Crippen LogP contribution in [0.4, 0.5) is 5.69 Å². The summed E-state index contributed by atoms with van der Waals surface area (Å²) in [6, 6.07) is 12.0. The van der Waals surface area contributed by atoms with E-state index in [1.807, 2.05) is 24.3 Å². The maximum absolute atomic E-state index is 11.0. The van der Waals surface area contributed by atoms with Gasteiger partial charge in [-0.3, -0.25) is 4.98 Å². The number of aromatic nitrogens is 1. The van der Waals surface area contributed by atoms with Crippen LogP contribution in [-0.4, -0.2) is 28.5 Å². The molecule has 0 saturated heterocycles. The third kappa shape index (κ3) is 5.59. The fraction of sp³-hybridized carbons (Fsp3) is 0. The number of hydrogen-bond donors (Lipinski definition) is 2. The molecule has 0 aliphatic heterocycles. The van der Waals surface area contributed by atoms with Crippen molar-refractivity contribution in [1.29, 1.82) is 0 Å². The number of quaternary nitrogens is 1. The summed E-state index contributed by atoms with van der Waals surface area (Å²) in [5.41, 5.74) is 4.90. The highest BCUT2D eigenvalue weighted by Gasteiger charge is 2.14. The summed E-state index contributed by atoms with van der Waals surface area (Å²) in [5.74, 6) is -0.122. The Morgan fingerprint density at radius 3 is 2.32 bits per heavy atom. The first-order chi connectivity index (χ1) is 11.2. The molecule has 6 N–H and O–H groups in total. The quantitative estimate of drug-likeness (QED) is 0.357. The van der Waals surface area contributed by atoms with E-state index >= 15 is 0 Å². The normalized spacial score (nSPS) is 10.6. The van der Waals surface area contributed by atoms with Gasteiger partial charge in [0.1, 0.15) is 21.3 Å². The first kappa shape index (κ1) is 21.7. The van der Waals surface area contributed by atoms with Crippen LogP contribution in [0.1, 0.15) is 0 Å². The third-order valence-electron chi connectivity index (χ3n) is 2.96. The van der Waals surface area contributed by atoms with Gasteiger partial charge in [-0.1, -0.05) is 15.9 Å². The first-order valence-electron chi connectivity index (χ1n) is 6.50. The number of rotatable bonds is 1. The van der Waals surface area contributed by atoms with Gasteiger partial charge < -0.3 is 20.9 Å². The summed E-state index contributed by atoms with van der Waals surface area (Å²) < 4.78 is 34.5. The van der Waals surface area contributed by atoms with Crippen LogP contribution < -0.4 is 5.73 Å².